The number of ether oxygens (including phenoxy) is 2. The lowest BCUT2D eigenvalue weighted by atomic mass is 10.2. The molecule has 1 aromatic carbocycles. The van der Waals surface area contributed by atoms with Gasteiger partial charge in [0.25, 0.3) is 0 Å². The number of aryl methyl sites for hydroxylation is 1. The lowest BCUT2D eigenvalue weighted by molar-refractivity contribution is 0.0926. The molecule has 1 N–H and O–H groups in total. The fourth-order valence-electron chi connectivity index (χ4n) is 1.77. The van der Waals surface area contributed by atoms with Gasteiger partial charge in [0.05, 0.1) is 6.21 Å². The smallest absolute Gasteiger partial charge is 0.307 e. The minimum Gasteiger partial charge on any atom is -0.456 e. The van der Waals surface area contributed by atoms with Crippen LogP contribution in [0.15, 0.2) is 39.9 Å². The maximum atomic E-state index is 11.7. The first-order valence-electron chi connectivity index (χ1n) is 6.02. The van der Waals surface area contributed by atoms with Crippen molar-refractivity contribution >= 4 is 12.1 Å². The monoisotopic (exact) mass is 272 g/mol. The van der Waals surface area contributed by atoms with Gasteiger partial charge in [0.2, 0.25) is 6.79 Å². The van der Waals surface area contributed by atoms with Crippen LogP contribution in [-0.4, -0.2) is 18.9 Å². The van der Waals surface area contributed by atoms with E-state index in [2.05, 4.69) is 10.5 Å². The molecule has 0 spiro atoms. The number of nitrogens with one attached hydrogen (secondary N) is 1. The van der Waals surface area contributed by atoms with E-state index in [1.54, 1.807) is 31.2 Å². The minimum absolute atomic E-state index is 0.227. The van der Waals surface area contributed by atoms with Gasteiger partial charge in [-0.15, -0.1) is 0 Å². The van der Waals surface area contributed by atoms with Gasteiger partial charge in [0.1, 0.15) is 5.76 Å². The first kappa shape index (κ1) is 12.3. The third kappa shape index (κ3) is 2.49. The van der Waals surface area contributed by atoms with Crippen LogP contribution in [0.4, 0.5) is 0 Å². The summed E-state index contributed by atoms with van der Waals surface area (Å²) >= 11 is 0. The van der Waals surface area contributed by atoms with Crippen molar-refractivity contribution in [3.63, 3.8) is 0 Å². The van der Waals surface area contributed by atoms with Crippen LogP contribution in [0.5, 0.6) is 11.5 Å². The Morgan fingerprint density at radius 3 is 2.90 bits per heavy atom. The minimum atomic E-state index is -0.393. The van der Waals surface area contributed by atoms with Gasteiger partial charge in [-0.2, -0.15) is 5.10 Å². The maximum absolute atomic E-state index is 11.7. The normalized spacial score (nSPS) is 12.8. The van der Waals surface area contributed by atoms with Crippen LogP contribution < -0.4 is 14.9 Å². The molecule has 0 aliphatic carbocycles. The van der Waals surface area contributed by atoms with Gasteiger partial charge in [0.15, 0.2) is 17.3 Å². The summed E-state index contributed by atoms with van der Waals surface area (Å²) in [4.78, 5) is 11.7. The number of carbonyl (C=O) groups is 1. The van der Waals surface area contributed by atoms with Gasteiger partial charge in [-0.25, -0.2) is 5.43 Å². The van der Waals surface area contributed by atoms with E-state index in [9.17, 15) is 4.79 Å². The van der Waals surface area contributed by atoms with Crippen LogP contribution in [0.25, 0.3) is 0 Å². The number of furan rings is 1. The van der Waals surface area contributed by atoms with Gasteiger partial charge in [-0.05, 0) is 42.8 Å². The molecule has 0 bridgehead atoms. The number of hydrogen-bond acceptors (Lipinski definition) is 5. The number of amides is 1. The quantitative estimate of drug-likeness (QED) is 0.685. The Morgan fingerprint density at radius 1 is 1.25 bits per heavy atom. The number of hydrazone groups is 1. The summed E-state index contributed by atoms with van der Waals surface area (Å²) in [6.45, 7) is 2.00. The molecule has 1 aromatic heterocycles. The molecule has 2 heterocycles. The van der Waals surface area contributed by atoms with Gasteiger partial charge < -0.3 is 13.9 Å². The average Bonchev–Trinajstić information content (AvgIpc) is 3.06. The first-order chi connectivity index (χ1) is 9.72. The summed E-state index contributed by atoms with van der Waals surface area (Å²) in [6, 6.07) is 8.72. The second-order valence-electron chi connectivity index (χ2n) is 4.22. The zero-order valence-corrected chi connectivity index (χ0v) is 10.8. The average molecular weight is 272 g/mol. The molecule has 3 rings (SSSR count). The molecular weight excluding hydrogens is 260 g/mol. The van der Waals surface area contributed by atoms with Crippen molar-refractivity contribution in [2.75, 3.05) is 6.79 Å². The molecule has 1 aliphatic heterocycles. The second kappa shape index (κ2) is 5.08. The third-order valence-corrected chi connectivity index (χ3v) is 2.74. The number of carbonyl (C=O) groups excluding carboxylic acids is 1. The Labute approximate surface area is 115 Å². The summed E-state index contributed by atoms with van der Waals surface area (Å²) in [5.74, 6) is 1.88. The summed E-state index contributed by atoms with van der Waals surface area (Å²) < 4.78 is 15.6. The molecule has 0 atom stereocenters. The molecule has 0 radical (unpaired) electrons. The molecule has 102 valence electrons. The summed E-state index contributed by atoms with van der Waals surface area (Å²) in [5.41, 5.74) is 3.19. The fraction of sp³-hybridized carbons (Fsp3) is 0.143. The highest BCUT2D eigenvalue weighted by Crippen LogP contribution is 2.31. The predicted molar refractivity (Wildman–Crippen MR) is 71.1 cm³/mol. The summed E-state index contributed by atoms with van der Waals surface area (Å²) in [6.07, 6.45) is 1.52. The van der Waals surface area contributed by atoms with Gasteiger partial charge in [0, 0.05) is 0 Å². The fourth-order valence-corrected chi connectivity index (χ4v) is 1.77. The molecule has 0 unspecified atom stereocenters. The molecule has 1 amide bonds. The third-order valence-electron chi connectivity index (χ3n) is 2.74. The number of nitrogens with zero attached hydrogens (tertiary/aromatic N) is 1. The van der Waals surface area contributed by atoms with E-state index in [0.717, 1.165) is 5.56 Å². The molecule has 20 heavy (non-hydrogen) atoms. The van der Waals surface area contributed by atoms with E-state index in [1.807, 2.05) is 6.07 Å². The Balaban J connectivity index is 1.64. The van der Waals surface area contributed by atoms with E-state index in [4.69, 9.17) is 13.9 Å². The van der Waals surface area contributed by atoms with Crippen LogP contribution in [0.1, 0.15) is 21.9 Å². The molecule has 6 heteroatoms. The summed E-state index contributed by atoms with van der Waals surface area (Å²) in [7, 11) is 0. The van der Waals surface area contributed by atoms with E-state index in [-0.39, 0.29) is 12.6 Å². The topological polar surface area (TPSA) is 73.1 Å². The van der Waals surface area contributed by atoms with Crippen molar-refractivity contribution in [3.05, 3.63) is 47.4 Å². The van der Waals surface area contributed by atoms with Crippen molar-refractivity contribution in [3.8, 4) is 11.5 Å². The van der Waals surface area contributed by atoms with Crippen LogP contribution in [0.2, 0.25) is 0 Å². The Morgan fingerprint density at radius 2 is 2.10 bits per heavy atom. The SMILES string of the molecule is Cc1ccc(C(=O)NN=Cc2ccc3c(c2)OCO3)o1. The zero-order chi connectivity index (χ0) is 13.9. The van der Waals surface area contributed by atoms with Crippen LogP contribution >= 0.6 is 0 Å². The number of fused-ring (bicyclic) bond motifs is 1. The molecule has 6 nitrogen and oxygen atoms in total. The van der Waals surface area contributed by atoms with Crippen molar-refractivity contribution in [2.45, 2.75) is 6.92 Å². The summed E-state index contributed by atoms with van der Waals surface area (Å²) in [5, 5.41) is 3.87. The van der Waals surface area contributed by atoms with Gasteiger partial charge >= 0.3 is 5.91 Å². The van der Waals surface area contributed by atoms with Crippen molar-refractivity contribution in [1.82, 2.24) is 5.43 Å². The van der Waals surface area contributed by atoms with E-state index >= 15 is 0 Å². The van der Waals surface area contributed by atoms with Crippen molar-refractivity contribution in [1.29, 1.82) is 0 Å². The van der Waals surface area contributed by atoms with Gasteiger partial charge in [-0.3, -0.25) is 4.79 Å². The molecule has 0 saturated carbocycles. The Bertz CT molecular complexity index is 676. The van der Waals surface area contributed by atoms with E-state index in [1.165, 1.54) is 6.21 Å². The highest BCUT2D eigenvalue weighted by molar-refractivity contribution is 5.92. The predicted octanol–water partition coefficient (Wildman–Crippen LogP) is 2.08. The highest BCUT2D eigenvalue weighted by atomic mass is 16.7. The van der Waals surface area contributed by atoms with Gasteiger partial charge in [-0.1, -0.05) is 0 Å². The highest BCUT2D eigenvalue weighted by Gasteiger charge is 2.12. The van der Waals surface area contributed by atoms with Crippen LogP contribution in [0.3, 0.4) is 0 Å². The standard InChI is InChI=1S/C14H12N2O4/c1-9-2-4-12(20-9)14(17)16-15-7-10-3-5-11-13(6-10)19-8-18-11/h2-7H,8H2,1H3,(H,16,17). The molecule has 2 aromatic rings. The lowest BCUT2D eigenvalue weighted by Crippen LogP contribution is -2.16. The van der Waals surface area contributed by atoms with E-state index in [0.29, 0.717) is 17.3 Å². The maximum Gasteiger partial charge on any atom is 0.307 e. The van der Waals surface area contributed by atoms with Crippen molar-refractivity contribution < 1.29 is 18.7 Å². The zero-order valence-electron chi connectivity index (χ0n) is 10.8. The largest absolute Gasteiger partial charge is 0.456 e. The van der Waals surface area contributed by atoms with E-state index < -0.39 is 5.91 Å². The second-order valence-corrected chi connectivity index (χ2v) is 4.22. The first-order valence-corrected chi connectivity index (χ1v) is 6.02. The van der Waals surface area contributed by atoms with Crippen molar-refractivity contribution in [2.24, 2.45) is 5.10 Å². The Hall–Kier alpha value is -2.76. The number of hydrogen-bond donors (Lipinski definition) is 1. The Kier molecular flexibility index (Phi) is 3.12. The molecular formula is C14H12N2O4. The van der Waals surface area contributed by atoms with Crippen LogP contribution in [0, 0.1) is 6.92 Å². The number of rotatable bonds is 3. The van der Waals surface area contributed by atoms with Crippen LogP contribution in [-0.2, 0) is 0 Å². The molecule has 1 aliphatic rings. The lowest BCUT2D eigenvalue weighted by Gasteiger charge is -1.98. The molecule has 0 fully saturated rings. The number of benzene rings is 1. The molecule has 0 saturated heterocycles.